The molecule has 21 heavy (non-hydrogen) atoms. The molecule has 1 aliphatic rings. The van der Waals surface area contributed by atoms with Gasteiger partial charge in [0.1, 0.15) is 17.2 Å². The van der Waals surface area contributed by atoms with E-state index in [2.05, 4.69) is 4.98 Å². The number of pyridine rings is 1. The number of fused-ring (bicyclic) bond motifs is 1. The van der Waals surface area contributed by atoms with Crippen LogP contribution in [0, 0.1) is 0 Å². The summed E-state index contributed by atoms with van der Waals surface area (Å²) >= 11 is 0. The van der Waals surface area contributed by atoms with Gasteiger partial charge in [-0.05, 0) is 24.3 Å². The fourth-order valence-electron chi connectivity index (χ4n) is 2.26. The zero-order valence-corrected chi connectivity index (χ0v) is 11.5. The van der Waals surface area contributed by atoms with Crippen LogP contribution < -0.4 is 14.4 Å². The highest BCUT2D eigenvalue weighted by atomic mass is 16.5. The van der Waals surface area contributed by atoms with Gasteiger partial charge in [0, 0.05) is 12.3 Å². The SMILES string of the molecule is COc1ccc(N2C(=O)c3cccnc3C2=O)c(OC)c1. The fourth-order valence-corrected chi connectivity index (χ4v) is 2.26. The average Bonchev–Trinajstić information content (AvgIpc) is 2.79. The Balaban J connectivity index is 2.11. The van der Waals surface area contributed by atoms with Gasteiger partial charge in [0.2, 0.25) is 0 Å². The van der Waals surface area contributed by atoms with Gasteiger partial charge < -0.3 is 9.47 Å². The quantitative estimate of drug-likeness (QED) is 0.805. The summed E-state index contributed by atoms with van der Waals surface area (Å²) in [4.78, 5) is 29.8. The van der Waals surface area contributed by atoms with Crippen LogP contribution in [0.15, 0.2) is 36.5 Å². The minimum Gasteiger partial charge on any atom is -0.497 e. The van der Waals surface area contributed by atoms with Gasteiger partial charge in [-0.15, -0.1) is 0 Å². The minimum atomic E-state index is -0.459. The van der Waals surface area contributed by atoms with Gasteiger partial charge in [-0.3, -0.25) is 14.6 Å². The van der Waals surface area contributed by atoms with Gasteiger partial charge in [-0.25, -0.2) is 4.90 Å². The topological polar surface area (TPSA) is 68.7 Å². The molecule has 2 heterocycles. The van der Waals surface area contributed by atoms with E-state index in [-0.39, 0.29) is 5.69 Å². The van der Waals surface area contributed by atoms with E-state index in [9.17, 15) is 9.59 Å². The summed E-state index contributed by atoms with van der Waals surface area (Å²) in [5.74, 6) is 0.0832. The number of nitrogens with zero attached hydrogens (tertiary/aromatic N) is 2. The summed E-state index contributed by atoms with van der Waals surface area (Å²) in [5, 5.41) is 0. The molecule has 0 fully saturated rings. The molecular weight excluding hydrogens is 272 g/mol. The maximum absolute atomic E-state index is 12.4. The number of imide groups is 1. The van der Waals surface area contributed by atoms with Crippen LogP contribution in [-0.2, 0) is 0 Å². The van der Waals surface area contributed by atoms with Crippen molar-refractivity contribution in [1.29, 1.82) is 0 Å². The van der Waals surface area contributed by atoms with Crippen molar-refractivity contribution < 1.29 is 19.1 Å². The van der Waals surface area contributed by atoms with Gasteiger partial charge in [0.25, 0.3) is 11.8 Å². The molecule has 6 heteroatoms. The molecule has 106 valence electrons. The molecule has 1 aromatic carbocycles. The number of amides is 2. The van der Waals surface area contributed by atoms with Crippen LogP contribution in [-0.4, -0.2) is 31.0 Å². The van der Waals surface area contributed by atoms with E-state index < -0.39 is 11.8 Å². The Morgan fingerprint density at radius 1 is 1.05 bits per heavy atom. The zero-order valence-electron chi connectivity index (χ0n) is 11.5. The Kier molecular flexibility index (Phi) is 3.06. The lowest BCUT2D eigenvalue weighted by Gasteiger charge is -2.17. The Morgan fingerprint density at radius 3 is 2.52 bits per heavy atom. The van der Waals surface area contributed by atoms with Crippen LogP contribution in [0.1, 0.15) is 20.8 Å². The molecule has 0 saturated heterocycles. The number of ether oxygens (including phenoxy) is 2. The molecule has 0 aliphatic carbocycles. The number of carbonyl (C=O) groups is 2. The van der Waals surface area contributed by atoms with Crippen LogP contribution >= 0.6 is 0 Å². The third-order valence-electron chi connectivity index (χ3n) is 3.27. The van der Waals surface area contributed by atoms with E-state index in [1.807, 2.05) is 0 Å². The van der Waals surface area contributed by atoms with Crippen molar-refractivity contribution in [2.75, 3.05) is 19.1 Å². The Labute approximate surface area is 120 Å². The maximum Gasteiger partial charge on any atom is 0.284 e. The van der Waals surface area contributed by atoms with Crippen LogP contribution in [0.2, 0.25) is 0 Å². The predicted molar refractivity (Wildman–Crippen MR) is 74.9 cm³/mol. The number of hydrogen-bond donors (Lipinski definition) is 0. The highest BCUT2D eigenvalue weighted by Crippen LogP contribution is 2.36. The van der Waals surface area contributed by atoms with Crippen molar-refractivity contribution in [2.45, 2.75) is 0 Å². The number of benzene rings is 1. The average molecular weight is 284 g/mol. The van der Waals surface area contributed by atoms with Gasteiger partial charge in [0.15, 0.2) is 0 Å². The van der Waals surface area contributed by atoms with Crippen molar-refractivity contribution in [2.24, 2.45) is 0 Å². The molecule has 0 bridgehead atoms. The second-order valence-electron chi connectivity index (χ2n) is 4.38. The monoisotopic (exact) mass is 284 g/mol. The lowest BCUT2D eigenvalue weighted by atomic mass is 10.2. The maximum atomic E-state index is 12.4. The summed E-state index contributed by atoms with van der Waals surface area (Å²) in [6.45, 7) is 0. The van der Waals surface area contributed by atoms with E-state index in [4.69, 9.17) is 9.47 Å². The molecule has 2 amide bonds. The number of hydrogen-bond acceptors (Lipinski definition) is 5. The Morgan fingerprint density at radius 2 is 1.86 bits per heavy atom. The molecule has 0 atom stereocenters. The third kappa shape index (κ3) is 1.92. The molecular formula is C15H12N2O4. The molecule has 0 N–H and O–H groups in total. The summed E-state index contributed by atoms with van der Waals surface area (Å²) in [7, 11) is 3.00. The van der Waals surface area contributed by atoms with Gasteiger partial charge in [0.05, 0.1) is 25.5 Å². The molecule has 3 rings (SSSR count). The highest BCUT2D eigenvalue weighted by Gasteiger charge is 2.39. The molecule has 0 unspecified atom stereocenters. The number of aromatic nitrogens is 1. The van der Waals surface area contributed by atoms with Crippen molar-refractivity contribution in [3.8, 4) is 11.5 Å². The van der Waals surface area contributed by atoms with Gasteiger partial charge in [-0.2, -0.15) is 0 Å². The van der Waals surface area contributed by atoms with Crippen LogP contribution in [0.25, 0.3) is 0 Å². The second kappa shape index (κ2) is 4.90. The standard InChI is InChI=1S/C15H12N2O4/c1-20-9-5-6-11(12(8-9)21-2)17-14(18)10-4-3-7-16-13(10)15(17)19/h3-8H,1-2H3. The first-order chi connectivity index (χ1) is 10.2. The molecule has 1 aliphatic heterocycles. The first kappa shape index (κ1) is 13.1. The van der Waals surface area contributed by atoms with Crippen molar-refractivity contribution in [3.05, 3.63) is 47.8 Å². The number of carbonyl (C=O) groups excluding carboxylic acids is 2. The number of methoxy groups -OCH3 is 2. The van der Waals surface area contributed by atoms with E-state index >= 15 is 0 Å². The van der Waals surface area contributed by atoms with Crippen molar-refractivity contribution in [3.63, 3.8) is 0 Å². The van der Waals surface area contributed by atoms with E-state index in [1.165, 1.54) is 20.4 Å². The summed E-state index contributed by atoms with van der Waals surface area (Å²) in [6, 6.07) is 8.10. The predicted octanol–water partition coefficient (Wildman–Crippen LogP) is 1.90. The summed E-state index contributed by atoms with van der Waals surface area (Å²) in [5.41, 5.74) is 0.812. The van der Waals surface area contributed by atoms with Crippen LogP contribution in [0.4, 0.5) is 5.69 Å². The normalized spacial score (nSPS) is 13.3. The molecule has 0 saturated carbocycles. The van der Waals surface area contributed by atoms with E-state index in [1.54, 1.807) is 30.3 Å². The van der Waals surface area contributed by atoms with E-state index in [0.717, 1.165) is 4.90 Å². The Bertz CT molecular complexity index is 707. The van der Waals surface area contributed by atoms with Gasteiger partial charge >= 0.3 is 0 Å². The van der Waals surface area contributed by atoms with Crippen molar-refractivity contribution >= 4 is 17.5 Å². The zero-order chi connectivity index (χ0) is 15.0. The first-order valence-electron chi connectivity index (χ1n) is 6.23. The van der Waals surface area contributed by atoms with E-state index in [0.29, 0.717) is 22.7 Å². The van der Waals surface area contributed by atoms with Crippen LogP contribution in [0.5, 0.6) is 11.5 Å². The minimum absolute atomic E-state index is 0.153. The summed E-state index contributed by atoms with van der Waals surface area (Å²) < 4.78 is 10.4. The lowest BCUT2D eigenvalue weighted by Crippen LogP contribution is -2.29. The largest absolute Gasteiger partial charge is 0.497 e. The number of anilines is 1. The number of rotatable bonds is 3. The molecule has 0 radical (unpaired) electrons. The molecule has 2 aromatic rings. The van der Waals surface area contributed by atoms with Crippen molar-refractivity contribution in [1.82, 2.24) is 4.98 Å². The fraction of sp³-hybridized carbons (Fsp3) is 0.133. The smallest absolute Gasteiger partial charge is 0.284 e. The molecule has 1 aromatic heterocycles. The highest BCUT2D eigenvalue weighted by molar-refractivity contribution is 6.34. The first-order valence-corrected chi connectivity index (χ1v) is 6.23. The lowest BCUT2D eigenvalue weighted by molar-refractivity contribution is 0.0923. The summed E-state index contributed by atoms with van der Waals surface area (Å²) in [6.07, 6.45) is 1.48. The van der Waals surface area contributed by atoms with Gasteiger partial charge in [-0.1, -0.05) is 0 Å². The molecule has 6 nitrogen and oxygen atoms in total. The second-order valence-corrected chi connectivity index (χ2v) is 4.38. The van der Waals surface area contributed by atoms with Crippen LogP contribution in [0.3, 0.4) is 0 Å². The molecule has 0 spiro atoms. The third-order valence-corrected chi connectivity index (χ3v) is 3.27. The Hall–Kier alpha value is -2.89.